The van der Waals surface area contributed by atoms with E-state index in [9.17, 15) is 18.8 Å². The normalized spacial score (nSPS) is 21.3. The molecule has 31 heavy (non-hydrogen) atoms. The van der Waals surface area contributed by atoms with Gasteiger partial charge in [0.15, 0.2) is 0 Å². The number of carbonyl (C=O) groups is 3. The summed E-state index contributed by atoms with van der Waals surface area (Å²) in [7, 11) is 0. The number of nitrogens with one attached hydrogen (secondary N) is 1. The van der Waals surface area contributed by atoms with E-state index >= 15 is 0 Å². The van der Waals surface area contributed by atoms with Crippen molar-refractivity contribution in [2.75, 3.05) is 19.7 Å². The first-order valence-corrected chi connectivity index (χ1v) is 10.3. The van der Waals surface area contributed by atoms with E-state index in [1.807, 2.05) is 30.3 Å². The van der Waals surface area contributed by atoms with E-state index < -0.39 is 23.8 Å². The highest BCUT2D eigenvalue weighted by molar-refractivity contribution is 6.04. The molecule has 7 nitrogen and oxygen atoms in total. The maximum Gasteiger partial charge on any atom is 0.325 e. The molecule has 2 aliphatic rings. The van der Waals surface area contributed by atoms with Crippen LogP contribution >= 0.6 is 0 Å². The molecule has 1 N–H and O–H groups in total. The van der Waals surface area contributed by atoms with Crippen LogP contribution in [-0.2, 0) is 20.9 Å². The monoisotopic (exact) mass is 425 g/mol. The van der Waals surface area contributed by atoms with Gasteiger partial charge in [-0.05, 0) is 29.7 Å². The number of benzene rings is 2. The second-order valence-corrected chi connectivity index (χ2v) is 7.70. The zero-order valence-electron chi connectivity index (χ0n) is 17.0. The minimum atomic E-state index is -0.754. The van der Waals surface area contributed by atoms with E-state index in [1.165, 1.54) is 18.2 Å². The van der Waals surface area contributed by atoms with E-state index in [0.717, 1.165) is 10.5 Å². The molecule has 0 bridgehead atoms. The van der Waals surface area contributed by atoms with Crippen molar-refractivity contribution in [3.8, 4) is 0 Å². The van der Waals surface area contributed by atoms with Crippen molar-refractivity contribution in [3.63, 3.8) is 0 Å². The molecule has 2 aliphatic heterocycles. The first-order chi connectivity index (χ1) is 15.0. The van der Waals surface area contributed by atoms with Gasteiger partial charge in [0.05, 0.1) is 19.7 Å². The molecule has 0 saturated carbocycles. The SMILES string of the molecule is O=C(CCC1NC(=O)N(Cc2cccc(F)c2)C1=O)N1CCOC(c2ccccc2)C1. The fourth-order valence-electron chi connectivity index (χ4n) is 3.91. The number of carbonyl (C=O) groups excluding carboxylic acids is 3. The summed E-state index contributed by atoms with van der Waals surface area (Å²) in [6.45, 7) is 1.40. The molecule has 2 unspecified atom stereocenters. The number of ether oxygens (including phenoxy) is 1. The Balaban J connectivity index is 1.31. The Morgan fingerprint density at radius 2 is 1.94 bits per heavy atom. The lowest BCUT2D eigenvalue weighted by Crippen LogP contribution is -2.43. The van der Waals surface area contributed by atoms with Crippen molar-refractivity contribution < 1.29 is 23.5 Å². The van der Waals surface area contributed by atoms with Gasteiger partial charge in [0.1, 0.15) is 18.0 Å². The lowest BCUT2D eigenvalue weighted by atomic mass is 10.1. The van der Waals surface area contributed by atoms with Gasteiger partial charge in [-0.1, -0.05) is 42.5 Å². The van der Waals surface area contributed by atoms with Gasteiger partial charge in [-0.25, -0.2) is 9.18 Å². The number of hydrogen-bond acceptors (Lipinski definition) is 4. The van der Waals surface area contributed by atoms with E-state index in [1.54, 1.807) is 11.0 Å². The molecule has 162 valence electrons. The van der Waals surface area contributed by atoms with Gasteiger partial charge in [0.2, 0.25) is 5.91 Å². The summed E-state index contributed by atoms with van der Waals surface area (Å²) < 4.78 is 19.2. The number of amides is 4. The molecule has 4 rings (SSSR count). The third-order valence-corrected chi connectivity index (χ3v) is 5.57. The molecular formula is C23H24FN3O4. The Morgan fingerprint density at radius 3 is 2.71 bits per heavy atom. The van der Waals surface area contributed by atoms with Crippen LogP contribution in [0.15, 0.2) is 54.6 Å². The highest BCUT2D eigenvalue weighted by atomic mass is 19.1. The molecule has 2 fully saturated rings. The van der Waals surface area contributed by atoms with Crippen LogP contribution in [0.5, 0.6) is 0 Å². The summed E-state index contributed by atoms with van der Waals surface area (Å²) in [6, 6.07) is 14.2. The van der Waals surface area contributed by atoms with E-state index in [2.05, 4.69) is 5.32 Å². The van der Waals surface area contributed by atoms with Gasteiger partial charge < -0.3 is 15.0 Å². The second-order valence-electron chi connectivity index (χ2n) is 7.70. The first-order valence-electron chi connectivity index (χ1n) is 10.3. The largest absolute Gasteiger partial charge is 0.370 e. The molecule has 2 aromatic rings. The lowest BCUT2D eigenvalue weighted by Gasteiger charge is -2.33. The van der Waals surface area contributed by atoms with Gasteiger partial charge in [0.25, 0.3) is 5.91 Å². The van der Waals surface area contributed by atoms with Crippen molar-refractivity contribution >= 4 is 17.8 Å². The smallest absolute Gasteiger partial charge is 0.325 e. The summed E-state index contributed by atoms with van der Waals surface area (Å²) in [5, 5.41) is 2.63. The Morgan fingerprint density at radius 1 is 1.13 bits per heavy atom. The molecular weight excluding hydrogens is 401 g/mol. The Hall–Kier alpha value is -3.26. The minimum absolute atomic E-state index is 0.00487. The molecule has 0 radical (unpaired) electrons. The molecule has 0 aromatic heterocycles. The molecule has 0 aliphatic carbocycles. The molecule has 8 heteroatoms. The molecule has 2 atom stereocenters. The number of rotatable bonds is 6. The average Bonchev–Trinajstić information content (AvgIpc) is 3.06. The summed E-state index contributed by atoms with van der Waals surface area (Å²) in [4.78, 5) is 40.4. The summed E-state index contributed by atoms with van der Waals surface area (Å²) >= 11 is 0. The predicted molar refractivity (Wildman–Crippen MR) is 110 cm³/mol. The fourth-order valence-corrected chi connectivity index (χ4v) is 3.91. The number of nitrogens with zero attached hydrogens (tertiary/aromatic N) is 2. The zero-order chi connectivity index (χ0) is 21.8. The molecule has 4 amide bonds. The third-order valence-electron chi connectivity index (χ3n) is 5.57. The Bertz CT molecular complexity index is 968. The highest BCUT2D eigenvalue weighted by Gasteiger charge is 2.38. The van der Waals surface area contributed by atoms with Crippen LogP contribution in [0.1, 0.15) is 30.1 Å². The first kappa shape index (κ1) is 21.0. The van der Waals surface area contributed by atoms with Crippen LogP contribution in [0.3, 0.4) is 0 Å². The summed E-state index contributed by atoms with van der Waals surface area (Å²) in [5.74, 6) is -0.896. The van der Waals surface area contributed by atoms with Crippen molar-refractivity contribution in [3.05, 3.63) is 71.5 Å². The van der Waals surface area contributed by atoms with E-state index in [-0.39, 0.29) is 31.4 Å². The van der Waals surface area contributed by atoms with E-state index in [0.29, 0.717) is 25.3 Å². The van der Waals surface area contributed by atoms with Gasteiger partial charge >= 0.3 is 6.03 Å². The average molecular weight is 425 g/mol. The number of hydrogen-bond donors (Lipinski definition) is 1. The maximum atomic E-state index is 13.4. The quantitative estimate of drug-likeness (QED) is 0.722. The van der Waals surface area contributed by atoms with Crippen molar-refractivity contribution in [1.29, 1.82) is 0 Å². The molecule has 2 aromatic carbocycles. The molecule has 2 saturated heterocycles. The molecule has 2 heterocycles. The number of halogens is 1. The predicted octanol–water partition coefficient (Wildman–Crippen LogP) is 2.63. The Kier molecular flexibility index (Phi) is 6.27. The third kappa shape index (κ3) is 4.91. The van der Waals surface area contributed by atoms with Crippen LogP contribution in [0, 0.1) is 5.82 Å². The maximum absolute atomic E-state index is 13.4. The van der Waals surface area contributed by atoms with Crippen LogP contribution in [0.25, 0.3) is 0 Å². The van der Waals surface area contributed by atoms with Gasteiger partial charge in [-0.2, -0.15) is 0 Å². The highest BCUT2D eigenvalue weighted by Crippen LogP contribution is 2.23. The van der Waals surface area contributed by atoms with Crippen LogP contribution < -0.4 is 5.32 Å². The van der Waals surface area contributed by atoms with Gasteiger partial charge in [-0.15, -0.1) is 0 Å². The second kappa shape index (κ2) is 9.26. The van der Waals surface area contributed by atoms with Crippen molar-refractivity contribution in [2.45, 2.75) is 31.5 Å². The summed E-state index contributed by atoms with van der Waals surface area (Å²) in [5.41, 5.74) is 1.55. The van der Waals surface area contributed by atoms with Crippen LogP contribution in [0.4, 0.5) is 9.18 Å². The summed E-state index contributed by atoms with van der Waals surface area (Å²) in [6.07, 6.45) is 0.191. The molecule has 0 spiro atoms. The minimum Gasteiger partial charge on any atom is -0.370 e. The van der Waals surface area contributed by atoms with Crippen molar-refractivity contribution in [1.82, 2.24) is 15.1 Å². The van der Waals surface area contributed by atoms with Gasteiger partial charge in [0, 0.05) is 13.0 Å². The number of imide groups is 1. The number of urea groups is 1. The topological polar surface area (TPSA) is 79.0 Å². The zero-order valence-corrected chi connectivity index (χ0v) is 17.0. The van der Waals surface area contributed by atoms with Crippen LogP contribution in [0.2, 0.25) is 0 Å². The van der Waals surface area contributed by atoms with Crippen molar-refractivity contribution in [2.24, 2.45) is 0 Å². The van der Waals surface area contributed by atoms with Crippen LogP contribution in [-0.4, -0.2) is 53.4 Å². The standard InChI is InChI=1S/C23H24FN3O4/c24-18-8-4-5-16(13-18)14-27-22(29)19(25-23(27)30)9-10-21(28)26-11-12-31-20(15-26)17-6-2-1-3-7-17/h1-8,13,19-20H,9-12,14-15H2,(H,25,30). The fraction of sp³-hybridized carbons (Fsp3) is 0.348. The van der Waals surface area contributed by atoms with Gasteiger partial charge in [-0.3, -0.25) is 14.5 Å². The number of morpholine rings is 1. The lowest BCUT2D eigenvalue weighted by molar-refractivity contribution is -0.139. The Labute approximate surface area is 179 Å². The van der Waals surface area contributed by atoms with E-state index in [4.69, 9.17) is 4.74 Å².